The summed E-state index contributed by atoms with van der Waals surface area (Å²) in [5, 5.41) is 22.6. The van der Waals surface area contributed by atoms with Crippen molar-refractivity contribution in [1.82, 2.24) is 15.6 Å². The minimum atomic E-state index is -2.99. The van der Waals surface area contributed by atoms with Crippen LogP contribution >= 0.6 is 11.8 Å². The van der Waals surface area contributed by atoms with Gasteiger partial charge < -0.3 is 16.3 Å². The van der Waals surface area contributed by atoms with Gasteiger partial charge in [0.1, 0.15) is 17.9 Å². The molecule has 4 N–H and O–H groups in total. The predicted molar refractivity (Wildman–Crippen MR) is 99.8 cm³/mol. The third-order valence-corrected chi connectivity index (χ3v) is 4.94. The maximum atomic E-state index is 13.5. The molecule has 0 bridgehead atoms. The number of thioether (sulfide) groups is 1. The van der Waals surface area contributed by atoms with Gasteiger partial charge in [0.05, 0.1) is 5.56 Å². The van der Waals surface area contributed by atoms with Gasteiger partial charge in [-0.05, 0) is 34.9 Å². The van der Waals surface area contributed by atoms with Gasteiger partial charge in [-0.3, -0.25) is 9.59 Å². The normalized spacial score (nSPS) is 12.8. The number of hydrogen-bond acceptors (Lipinski definition) is 8. The SMILES string of the molecule is C[C@H](CSc1nonc1C(Cc1ccc(F)c(C(F)F)c1)=NO)NC(=O)CC(N)=O. The van der Waals surface area contributed by atoms with Gasteiger partial charge in [0.25, 0.3) is 6.43 Å². The molecule has 0 aliphatic rings. The van der Waals surface area contributed by atoms with Crippen molar-refractivity contribution < 1.29 is 32.6 Å². The summed E-state index contributed by atoms with van der Waals surface area (Å²) in [5.41, 5.74) is 4.49. The highest BCUT2D eigenvalue weighted by atomic mass is 32.2. The number of alkyl halides is 2. The molecular weight excluding hydrogens is 427 g/mol. The standard InChI is InChI=1S/C17H18F3N5O4S/c1-8(22-14(27)6-13(21)26)7-30-17-15(24-29-25-17)12(23-28)5-9-2-3-11(18)10(4-9)16(19)20/h2-4,8,16,28H,5-7H2,1H3,(H2,21,26)(H,22,27)/t8-/m1/s1. The average molecular weight is 445 g/mol. The van der Waals surface area contributed by atoms with Crippen LogP contribution < -0.4 is 11.1 Å². The molecule has 1 heterocycles. The minimum absolute atomic E-state index is 0.0315. The van der Waals surface area contributed by atoms with Crippen molar-refractivity contribution >= 4 is 29.3 Å². The van der Waals surface area contributed by atoms with Crippen molar-refractivity contribution in [3.05, 3.63) is 40.8 Å². The molecule has 2 aromatic rings. The highest BCUT2D eigenvalue weighted by Gasteiger charge is 2.21. The first kappa shape index (κ1) is 23.2. The molecule has 0 fully saturated rings. The maximum Gasteiger partial charge on any atom is 0.266 e. The Kier molecular flexibility index (Phi) is 8.21. The van der Waals surface area contributed by atoms with Crippen molar-refractivity contribution in [2.45, 2.75) is 37.3 Å². The second-order valence-corrected chi connectivity index (χ2v) is 7.23. The summed E-state index contributed by atoms with van der Waals surface area (Å²) in [6.07, 6.45) is -3.57. The van der Waals surface area contributed by atoms with Gasteiger partial charge in [-0.15, -0.1) is 0 Å². The number of carbonyl (C=O) groups excluding carboxylic acids is 2. The third-order valence-electron chi connectivity index (χ3n) is 3.73. The molecule has 30 heavy (non-hydrogen) atoms. The molecule has 0 unspecified atom stereocenters. The fourth-order valence-electron chi connectivity index (χ4n) is 2.41. The lowest BCUT2D eigenvalue weighted by atomic mass is 10.0. The highest BCUT2D eigenvalue weighted by Crippen LogP contribution is 2.25. The van der Waals surface area contributed by atoms with Crippen molar-refractivity contribution in [3.8, 4) is 0 Å². The molecule has 0 saturated carbocycles. The van der Waals surface area contributed by atoms with Gasteiger partial charge in [0, 0.05) is 18.2 Å². The Bertz CT molecular complexity index is 938. The molecular formula is C17H18F3N5O4S. The predicted octanol–water partition coefficient (Wildman–Crippen LogP) is 2.04. The van der Waals surface area contributed by atoms with E-state index in [1.165, 1.54) is 6.07 Å². The first-order chi connectivity index (χ1) is 14.2. The van der Waals surface area contributed by atoms with E-state index in [4.69, 9.17) is 5.73 Å². The Morgan fingerprint density at radius 1 is 1.37 bits per heavy atom. The third kappa shape index (κ3) is 6.47. The van der Waals surface area contributed by atoms with E-state index >= 15 is 0 Å². The molecule has 2 amide bonds. The Hall–Kier alpha value is -3.09. The molecule has 162 valence electrons. The molecule has 1 aromatic carbocycles. The van der Waals surface area contributed by atoms with E-state index in [1.807, 2.05) is 0 Å². The maximum absolute atomic E-state index is 13.5. The van der Waals surface area contributed by atoms with E-state index < -0.39 is 36.0 Å². The number of amides is 2. The molecule has 0 spiro atoms. The fraction of sp³-hybridized carbons (Fsp3) is 0.353. The van der Waals surface area contributed by atoms with Gasteiger partial charge >= 0.3 is 0 Å². The number of benzene rings is 1. The number of nitrogens with one attached hydrogen (secondary N) is 1. The van der Waals surface area contributed by atoms with Crippen LogP contribution in [0.4, 0.5) is 13.2 Å². The van der Waals surface area contributed by atoms with Gasteiger partial charge in [0.15, 0.2) is 10.7 Å². The molecule has 1 aromatic heterocycles. The number of primary amides is 1. The van der Waals surface area contributed by atoms with E-state index in [9.17, 15) is 28.0 Å². The molecule has 2 rings (SSSR count). The summed E-state index contributed by atoms with van der Waals surface area (Å²) in [5.74, 6) is -2.02. The van der Waals surface area contributed by atoms with Crippen LogP contribution in [0.15, 0.2) is 33.0 Å². The van der Waals surface area contributed by atoms with Crippen molar-refractivity contribution in [2.24, 2.45) is 10.9 Å². The van der Waals surface area contributed by atoms with Crippen LogP contribution in [-0.4, -0.2) is 44.8 Å². The Morgan fingerprint density at radius 3 is 2.73 bits per heavy atom. The first-order valence-electron chi connectivity index (χ1n) is 8.52. The largest absolute Gasteiger partial charge is 0.411 e. The zero-order valence-electron chi connectivity index (χ0n) is 15.6. The lowest BCUT2D eigenvalue weighted by Crippen LogP contribution is -2.36. The van der Waals surface area contributed by atoms with E-state index in [1.54, 1.807) is 6.92 Å². The van der Waals surface area contributed by atoms with Crippen molar-refractivity contribution in [3.63, 3.8) is 0 Å². The quantitative estimate of drug-likeness (QED) is 0.167. The van der Waals surface area contributed by atoms with Gasteiger partial charge in [-0.1, -0.05) is 23.0 Å². The van der Waals surface area contributed by atoms with Crippen LogP contribution in [0.5, 0.6) is 0 Å². The summed E-state index contributed by atoms with van der Waals surface area (Å²) in [7, 11) is 0. The lowest BCUT2D eigenvalue weighted by molar-refractivity contribution is -0.127. The number of halogens is 3. The number of nitrogens with zero attached hydrogens (tertiary/aromatic N) is 3. The summed E-state index contributed by atoms with van der Waals surface area (Å²) in [6.45, 7) is 1.69. The highest BCUT2D eigenvalue weighted by molar-refractivity contribution is 7.99. The number of nitrogens with two attached hydrogens (primary N) is 1. The van der Waals surface area contributed by atoms with Crippen LogP contribution in [0.1, 0.15) is 36.6 Å². The zero-order chi connectivity index (χ0) is 22.3. The number of carbonyl (C=O) groups is 2. The Balaban J connectivity index is 2.06. The first-order valence-corrected chi connectivity index (χ1v) is 9.50. The minimum Gasteiger partial charge on any atom is -0.411 e. The topological polar surface area (TPSA) is 144 Å². The molecule has 13 heteroatoms. The average Bonchev–Trinajstić information content (AvgIpc) is 3.13. The van der Waals surface area contributed by atoms with Crippen LogP contribution in [0.3, 0.4) is 0 Å². The second-order valence-electron chi connectivity index (χ2n) is 6.22. The molecule has 0 aliphatic heterocycles. The zero-order valence-corrected chi connectivity index (χ0v) is 16.5. The summed E-state index contributed by atoms with van der Waals surface area (Å²) >= 11 is 1.12. The van der Waals surface area contributed by atoms with Crippen LogP contribution in [0.2, 0.25) is 0 Å². The second kappa shape index (κ2) is 10.6. The summed E-state index contributed by atoms with van der Waals surface area (Å²) < 4.78 is 43.9. The molecule has 0 radical (unpaired) electrons. The number of rotatable bonds is 10. The summed E-state index contributed by atoms with van der Waals surface area (Å²) in [4.78, 5) is 22.3. The van der Waals surface area contributed by atoms with E-state index in [0.29, 0.717) is 5.75 Å². The molecule has 1 atom stereocenters. The lowest BCUT2D eigenvalue weighted by Gasteiger charge is -2.12. The number of hydrogen-bond donors (Lipinski definition) is 3. The van der Waals surface area contributed by atoms with E-state index in [0.717, 1.165) is 23.9 Å². The monoisotopic (exact) mass is 445 g/mol. The molecule has 0 saturated heterocycles. The summed E-state index contributed by atoms with van der Waals surface area (Å²) in [6, 6.07) is 2.79. The molecule has 0 aliphatic carbocycles. The van der Waals surface area contributed by atoms with Crippen LogP contribution in [-0.2, 0) is 16.0 Å². The fourth-order valence-corrected chi connectivity index (χ4v) is 3.28. The number of aromatic nitrogens is 2. The van der Waals surface area contributed by atoms with Gasteiger partial charge in [-0.2, -0.15) is 0 Å². The van der Waals surface area contributed by atoms with E-state index in [2.05, 4.69) is 25.4 Å². The van der Waals surface area contributed by atoms with Crippen molar-refractivity contribution in [1.29, 1.82) is 0 Å². The van der Waals surface area contributed by atoms with Gasteiger partial charge in [-0.25, -0.2) is 17.8 Å². The van der Waals surface area contributed by atoms with Crippen LogP contribution in [0, 0.1) is 5.82 Å². The van der Waals surface area contributed by atoms with Gasteiger partial charge in [0.2, 0.25) is 11.8 Å². The van der Waals surface area contributed by atoms with E-state index in [-0.39, 0.29) is 34.5 Å². The Morgan fingerprint density at radius 2 is 2.10 bits per heavy atom. The van der Waals surface area contributed by atoms with Crippen LogP contribution in [0.25, 0.3) is 0 Å². The number of oxime groups is 1. The smallest absolute Gasteiger partial charge is 0.266 e. The Labute approximate surface area is 172 Å². The van der Waals surface area contributed by atoms with Crippen molar-refractivity contribution in [2.75, 3.05) is 5.75 Å². The molecule has 9 nitrogen and oxygen atoms in total.